The lowest BCUT2D eigenvalue weighted by Crippen LogP contribution is -1.97. The second-order valence-electron chi connectivity index (χ2n) is 4.58. The summed E-state index contributed by atoms with van der Waals surface area (Å²) in [6.45, 7) is 0.179. The van der Waals surface area contributed by atoms with Gasteiger partial charge in [0.1, 0.15) is 11.5 Å². The first-order chi connectivity index (χ1) is 11.2. The number of para-hydroxylation sites is 1. The molecule has 5 nitrogen and oxygen atoms in total. The van der Waals surface area contributed by atoms with Crippen molar-refractivity contribution in [1.29, 1.82) is 0 Å². The molecule has 0 spiro atoms. The second-order valence-corrected chi connectivity index (χ2v) is 6.29. The summed E-state index contributed by atoms with van der Waals surface area (Å²) < 4.78 is 17.9. The zero-order valence-electron chi connectivity index (χ0n) is 12.1. The molecule has 0 fully saturated rings. The van der Waals surface area contributed by atoms with Crippen molar-refractivity contribution in [2.75, 3.05) is 7.11 Å². The molecule has 1 heterocycles. The topological polar surface area (TPSA) is 57.4 Å². The van der Waals surface area contributed by atoms with Crippen LogP contribution in [0.4, 0.5) is 0 Å². The smallest absolute Gasteiger partial charge is 0.264 e. The van der Waals surface area contributed by atoms with Crippen molar-refractivity contribution in [1.82, 2.24) is 10.1 Å². The van der Waals surface area contributed by atoms with Gasteiger partial charge in [0.05, 0.1) is 16.1 Å². The highest BCUT2D eigenvalue weighted by Crippen LogP contribution is 2.33. The fraction of sp³-hybridized carbons (Fsp3) is 0.125. The molecule has 0 aliphatic rings. The van der Waals surface area contributed by atoms with E-state index in [1.165, 1.54) is 0 Å². The predicted octanol–water partition coefficient (Wildman–Crippen LogP) is 4.85. The highest BCUT2D eigenvalue weighted by molar-refractivity contribution is 9.11. The fourth-order valence-electron chi connectivity index (χ4n) is 1.95. The van der Waals surface area contributed by atoms with Gasteiger partial charge in [0.2, 0.25) is 5.82 Å². The Bertz CT molecular complexity index is 800. The third kappa shape index (κ3) is 3.73. The number of methoxy groups -OCH3 is 1. The standard InChI is InChI=1S/C16H12Br2N2O3/c1-21-11-5-2-4-10(8-11)16-19-14(23-20-16)9-22-15-12(17)6-3-7-13(15)18/h2-8H,9H2,1H3. The molecule has 0 unspecified atom stereocenters. The zero-order valence-corrected chi connectivity index (χ0v) is 15.3. The minimum absolute atomic E-state index is 0.179. The molecule has 0 aliphatic carbocycles. The first-order valence-electron chi connectivity index (χ1n) is 6.71. The molecule has 0 bridgehead atoms. The van der Waals surface area contributed by atoms with Crippen LogP contribution in [0, 0.1) is 0 Å². The summed E-state index contributed by atoms with van der Waals surface area (Å²) in [5.74, 6) is 2.31. The van der Waals surface area contributed by atoms with Gasteiger partial charge in [-0.25, -0.2) is 0 Å². The normalized spacial score (nSPS) is 10.6. The number of ether oxygens (including phenoxy) is 2. The molecule has 0 aliphatic heterocycles. The number of rotatable bonds is 5. The Morgan fingerprint density at radius 1 is 1.09 bits per heavy atom. The van der Waals surface area contributed by atoms with Crippen LogP contribution < -0.4 is 9.47 Å². The number of aromatic nitrogens is 2. The third-order valence-corrected chi connectivity index (χ3v) is 4.30. The van der Waals surface area contributed by atoms with Crippen LogP contribution in [0.5, 0.6) is 11.5 Å². The van der Waals surface area contributed by atoms with Crippen LogP contribution in [0.15, 0.2) is 55.9 Å². The molecule has 0 saturated carbocycles. The van der Waals surface area contributed by atoms with E-state index in [1.54, 1.807) is 7.11 Å². The van der Waals surface area contributed by atoms with Gasteiger partial charge >= 0.3 is 0 Å². The van der Waals surface area contributed by atoms with Crippen molar-refractivity contribution in [3.05, 3.63) is 57.3 Å². The third-order valence-electron chi connectivity index (χ3n) is 3.05. The lowest BCUT2D eigenvalue weighted by atomic mass is 10.2. The van der Waals surface area contributed by atoms with Gasteiger partial charge in [-0.3, -0.25) is 0 Å². The Morgan fingerprint density at radius 2 is 1.83 bits per heavy atom. The van der Waals surface area contributed by atoms with Crippen molar-refractivity contribution in [3.8, 4) is 22.9 Å². The van der Waals surface area contributed by atoms with Crippen LogP contribution in [0.3, 0.4) is 0 Å². The summed E-state index contributed by atoms with van der Waals surface area (Å²) >= 11 is 6.89. The van der Waals surface area contributed by atoms with Gasteiger partial charge < -0.3 is 14.0 Å². The van der Waals surface area contributed by atoms with Crippen LogP contribution in [0.1, 0.15) is 5.89 Å². The molecular weight excluding hydrogens is 428 g/mol. The molecular formula is C16H12Br2N2O3. The summed E-state index contributed by atoms with van der Waals surface area (Å²) in [4.78, 5) is 4.34. The van der Waals surface area contributed by atoms with E-state index in [1.807, 2.05) is 42.5 Å². The summed E-state index contributed by atoms with van der Waals surface area (Å²) in [5, 5.41) is 3.97. The van der Waals surface area contributed by atoms with Crippen LogP contribution in [0.2, 0.25) is 0 Å². The Balaban J connectivity index is 1.75. The van der Waals surface area contributed by atoms with E-state index in [2.05, 4.69) is 42.0 Å². The van der Waals surface area contributed by atoms with Crippen LogP contribution >= 0.6 is 31.9 Å². The van der Waals surface area contributed by atoms with E-state index in [9.17, 15) is 0 Å². The summed E-state index contributed by atoms with van der Waals surface area (Å²) in [7, 11) is 1.62. The molecule has 0 amide bonds. The number of benzene rings is 2. The molecule has 3 rings (SSSR count). The van der Waals surface area contributed by atoms with E-state index in [0.717, 1.165) is 20.3 Å². The average molecular weight is 440 g/mol. The van der Waals surface area contributed by atoms with Gasteiger partial charge in [-0.2, -0.15) is 4.98 Å². The van der Waals surface area contributed by atoms with Crippen molar-refractivity contribution in [2.45, 2.75) is 6.61 Å². The van der Waals surface area contributed by atoms with E-state index in [0.29, 0.717) is 17.5 Å². The quantitative estimate of drug-likeness (QED) is 0.568. The largest absolute Gasteiger partial charge is 0.497 e. The lowest BCUT2D eigenvalue weighted by molar-refractivity contribution is 0.240. The molecule has 7 heteroatoms. The summed E-state index contributed by atoms with van der Waals surface area (Å²) in [6, 6.07) is 13.2. The lowest BCUT2D eigenvalue weighted by Gasteiger charge is -2.07. The SMILES string of the molecule is COc1cccc(-c2noc(COc3c(Br)cccc3Br)n2)c1. The minimum Gasteiger partial charge on any atom is -0.497 e. The van der Waals surface area contributed by atoms with Crippen LogP contribution in [-0.4, -0.2) is 17.3 Å². The maximum absolute atomic E-state index is 5.73. The van der Waals surface area contributed by atoms with Gasteiger partial charge in [-0.1, -0.05) is 23.4 Å². The average Bonchev–Trinajstić information content (AvgIpc) is 3.03. The van der Waals surface area contributed by atoms with E-state index >= 15 is 0 Å². The number of nitrogens with zero attached hydrogens (tertiary/aromatic N) is 2. The van der Waals surface area contributed by atoms with Gasteiger partial charge in [-0.05, 0) is 56.1 Å². The van der Waals surface area contributed by atoms with Gasteiger partial charge in [0.15, 0.2) is 6.61 Å². The number of hydrogen-bond donors (Lipinski definition) is 0. The highest BCUT2D eigenvalue weighted by Gasteiger charge is 2.12. The van der Waals surface area contributed by atoms with Gasteiger partial charge in [0, 0.05) is 5.56 Å². The first kappa shape index (κ1) is 16.0. The Labute approximate surface area is 149 Å². The van der Waals surface area contributed by atoms with Crippen molar-refractivity contribution < 1.29 is 14.0 Å². The molecule has 2 aromatic carbocycles. The maximum Gasteiger partial charge on any atom is 0.264 e. The fourth-order valence-corrected chi connectivity index (χ4v) is 3.17. The van der Waals surface area contributed by atoms with Gasteiger partial charge in [-0.15, -0.1) is 0 Å². The van der Waals surface area contributed by atoms with Crippen molar-refractivity contribution >= 4 is 31.9 Å². The number of hydrogen-bond acceptors (Lipinski definition) is 5. The predicted molar refractivity (Wildman–Crippen MR) is 92.5 cm³/mol. The molecule has 0 N–H and O–H groups in total. The molecule has 0 atom stereocenters. The summed E-state index contributed by atoms with van der Waals surface area (Å²) in [6.07, 6.45) is 0. The Hall–Kier alpha value is -1.86. The Kier molecular flexibility index (Phi) is 4.97. The summed E-state index contributed by atoms with van der Waals surface area (Å²) in [5.41, 5.74) is 0.821. The Morgan fingerprint density at radius 3 is 2.57 bits per heavy atom. The molecule has 3 aromatic rings. The van der Waals surface area contributed by atoms with Crippen molar-refractivity contribution in [3.63, 3.8) is 0 Å². The van der Waals surface area contributed by atoms with E-state index in [-0.39, 0.29) is 6.61 Å². The van der Waals surface area contributed by atoms with E-state index < -0.39 is 0 Å². The zero-order chi connectivity index (χ0) is 16.2. The highest BCUT2D eigenvalue weighted by atomic mass is 79.9. The van der Waals surface area contributed by atoms with Crippen LogP contribution in [-0.2, 0) is 6.61 Å². The number of halogens is 2. The van der Waals surface area contributed by atoms with Crippen LogP contribution in [0.25, 0.3) is 11.4 Å². The van der Waals surface area contributed by atoms with Gasteiger partial charge in [0.25, 0.3) is 5.89 Å². The monoisotopic (exact) mass is 438 g/mol. The molecule has 118 valence electrons. The molecule has 23 heavy (non-hydrogen) atoms. The first-order valence-corrected chi connectivity index (χ1v) is 8.30. The molecule has 1 aromatic heterocycles. The minimum atomic E-state index is 0.179. The maximum atomic E-state index is 5.73. The molecule has 0 radical (unpaired) electrons. The second kappa shape index (κ2) is 7.14. The van der Waals surface area contributed by atoms with E-state index in [4.69, 9.17) is 14.0 Å². The molecule has 0 saturated heterocycles. The van der Waals surface area contributed by atoms with Crippen molar-refractivity contribution in [2.24, 2.45) is 0 Å².